The number of carbonyl (C=O) groups is 2. The summed E-state index contributed by atoms with van der Waals surface area (Å²) in [6.07, 6.45) is 1.34. The van der Waals surface area contributed by atoms with Gasteiger partial charge in [0, 0.05) is 31.0 Å². The number of likely N-dealkylation sites (N-methyl/N-ethyl adjacent to an activating group) is 1. The molecule has 0 bridgehead atoms. The van der Waals surface area contributed by atoms with Gasteiger partial charge in [0.05, 0.1) is 0 Å². The normalized spacial score (nSPS) is 9.62. The summed E-state index contributed by atoms with van der Waals surface area (Å²) in [6.45, 7) is 1.45. The van der Waals surface area contributed by atoms with Gasteiger partial charge in [-0.3, -0.25) is 4.79 Å². The number of thioether (sulfide) groups is 1. The quantitative estimate of drug-likeness (QED) is 0.419. The van der Waals surface area contributed by atoms with Crippen LogP contribution in [0, 0.1) is 0 Å². The molecule has 0 aliphatic heterocycles. The van der Waals surface area contributed by atoms with Crippen molar-refractivity contribution in [2.45, 2.75) is 6.42 Å². The summed E-state index contributed by atoms with van der Waals surface area (Å²) in [4.78, 5) is 21.0. The van der Waals surface area contributed by atoms with Crippen molar-refractivity contribution in [3.05, 3.63) is 0 Å². The van der Waals surface area contributed by atoms with Crippen molar-refractivity contribution in [3.8, 4) is 0 Å². The Balaban J connectivity index is 3.15. The number of carbonyl (C=O) groups excluding carboxylic acids is 2. The summed E-state index contributed by atoms with van der Waals surface area (Å²) in [5.74, 6) is 1.24. The highest BCUT2D eigenvalue weighted by atomic mass is 32.2. The Labute approximate surface area is 82.8 Å². The van der Waals surface area contributed by atoms with E-state index in [9.17, 15) is 9.59 Å². The van der Waals surface area contributed by atoms with Gasteiger partial charge in [0.1, 0.15) is 6.29 Å². The van der Waals surface area contributed by atoms with E-state index in [1.54, 1.807) is 0 Å². The van der Waals surface area contributed by atoms with Crippen LogP contribution in [0.25, 0.3) is 0 Å². The van der Waals surface area contributed by atoms with Crippen molar-refractivity contribution in [1.82, 2.24) is 10.6 Å². The average molecular weight is 204 g/mol. The maximum Gasteiger partial charge on any atom is 0.220 e. The first kappa shape index (κ1) is 12.4. The second-order valence-electron chi connectivity index (χ2n) is 2.45. The lowest BCUT2D eigenvalue weighted by Gasteiger charge is -2.03. The van der Waals surface area contributed by atoms with Gasteiger partial charge in [0.15, 0.2) is 0 Å². The van der Waals surface area contributed by atoms with Gasteiger partial charge in [-0.05, 0) is 7.05 Å². The Morgan fingerprint density at radius 1 is 1.46 bits per heavy atom. The topological polar surface area (TPSA) is 58.2 Å². The van der Waals surface area contributed by atoms with Crippen LogP contribution in [0.2, 0.25) is 0 Å². The van der Waals surface area contributed by atoms with Crippen LogP contribution < -0.4 is 10.6 Å². The summed E-state index contributed by atoms with van der Waals surface area (Å²) in [7, 11) is 1.84. The highest BCUT2D eigenvalue weighted by Crippen LogP contribution is 1.99. The van der Waals surface area contributed by atoms with Crippen LogP contribution in [0.3, 0.4) is 0 Å². The number of rotatable bonds is 8. The Bertz CT molecular complexity index is 153. The van der Waals surface area contributed by atoms with E-state index >= 15 is 0 Å². The predicted molar refractivity (Wildman–Crippen MR) is 54.9 cm³/mol. The van der Waals surface area contributed by atoms with E-state index in [0.717, 1.165) is 12.8 Å². The van der Waals surface area contributed by atoms with Crippen molar-refractivity contribution >= 4 is 24.0 Å². The van der Waals surface area contributed by atoms with E-state index < -0.39 is 0 Å². The fourth-order valence-corrected chi connectivity index (χ4v) is 1.30. The molecule has 0 aromatic rings. The van der Waals surface area contributed by atoms with Crippen LogP contribution in [0.1, 0.15) is 6.42 Å². The smallest absolute Gasteiger partial charge is 0.220 e. The maximum atomic E-state index is 11.0. The fourth-order valence-electron chi connectivity index (χ4n) is 0.712. The summed E-state index contributed by atoms with van der Waals surface area (Å²) in [5, 5.41) is 5.69. The molecule has 0 heterocycles. The lowest BCUT2D eigenvalue weighted by Crippen LogP contribution is -2.30. The van der Waals surface area contributed by atoms with Crippen molar-refractivity contribution in [2.24, 2.45) is 0 Å². The summed E-state index contributed by atoms with van der Waals surface area (Å²) < 4.78 is 0. The van der Waals surface area contributed by atoms with Crippen LogP contribution in [0.4, 0.5) is 0 Å². The Hall–Kier alpha value is -0.550. The molecule has 0 rings (SSSR count). The van der Waals surface area contributed by atoms with Crippen LogP contribution in [-0.4, -0.2) is 43.8 Å². The van der Waals surface area contributed by atoms with E-state index in [-0.39, 0.29) is 5.91 Å². The molecule has 0 spiro atoms. The first-order valence-electron chi connectivity index (χ1n) is 4.24. The molecular formula is C8H16N2O2S. The SMILES string of the molecule is CNCCNC(=O)CCSCC=O. The third-order valence-corrected chi connectivity index (χ3v) is 2.22. The highest BCUT2D eigenvalue weighted by molar-refractivity contribution is 7.99. The number of amides is 1. The molecule has 4 nitrogen and oxygen atoms in total. The zero-order valence-electron chi connectivity index (χ0n) is 7.84. The van der Waals surface area contributed by atoms with Crippen molar-refractivity contribution in [1.29, 1.82) is 0 Å². The van der Waals surface area contributed by atoms with Gasteiger partial charge < -0.3 is 15.4 Å². The molecule has 0 aromatic carbocycles. The molecule has 0 aliphatic rings. The Morgan fingerprint density at radius 3 is 2.85 bits per heavy atom. The van der Waals surface area contributed by atoms with E-state index in [0.29, 0.717) is 24.5 Å². The van der Waals surface area contributed by atoms with Crippen molar-refractivity contribution in [3.63, 3.8) is 0 Å². The molecule has 0 fully saturated rings. The van der Waals surface area contributed by atoms with Crippen molar-refractivity contribution in [2.75, 3.05) is 31.6 Å². The standard InChI is InChI=1S/C8H16N2O2S/c1-9-3-4-10-8(12)2-6-13-7-5-11/h5,9H,2-4,6-7H2,1H3,(H,10,12). The van der Waals surface area contributed by atoms with Crippen LogP contribution >= 0.6 is 11.8 Å². The third kappa shape index (κ3) is 9.36. The molecule has 0 atom stereocenters. The lowest BCUT2D eigenvalue weighted by molar-refractivity contribution is -0.120. The minimum Gasteiger partial charge on any atom is -0.355 e. The molecule has 0 aromatic heterocycles. The fraction of sp³-hybridized carbons (Fsp3) is 0.750. The Morgan fingerprint density at radius 2 is 2.23 bits per heavy atom. The minimum atomic E-state index is 0.0497. The summed E-state index contributed by atoms with van der Waals surface area (Å²) in [6, 6.07) is 0. The van der Waals surface area contributed by atoms with E-state index in [1.165, 1.54) is 11.8 Å². The molecule has 5 heteroatoms. The van der Waals surface area contributed by atoms with Crippen LogP contribution in [0.15, 0.2) is 0 Å². The summed E-state index contributed by atoms with van der Waals surface area (Å²) >= 11 is 1.48. The molecule has 1 amide bonds. The second-order valence-corrected chi connectivity index (χ2v) is 3.59. The van der Waals surface area contributed by atoms with E-state index in [4.69, 9.17) is 0 Å². The van der Waals surface area contributed by atoms with Gasteiger partial charge in [0.2, 0.25) is 5.91 Å². The molecule has 0 radical (unpaired) electrons. The predicted octanol–water partition coefficient (Wildman–Crippen LogP) is -0.356. The monoisotopic (exact) mass is 204 g/mol. The lowest BCUT2D eigenvalue weighted by atomic mass is 10.4. The third-order valence-electron chi connectivity index (χ3n) is 1.36. The maximum absolute atomic E-state index is 11.0. The van der Waals surface area contributed by atoms with Gasteiger partial charge >= 0.3 is 0 Å². The second kappa shape index (κ2) is 9.54. The number of hydrogen-bond donors (Lipinski definition) is 2. The summed E-state index contributed by atoms with van der Waals surface area (Å²) in [5.41, 5.74) is 0. The zero-order chi connectivity index (χ0) is 9.94. The van der Waals surface area contributed by atoms with Gasteiger partial charge in [0.25, 0.3) is 0 Å². The number of aldehydes is 1. The molecule has 0 unspecified atom stereocenters. The number of nitrogens with one attached hydrogen (secondary N) is 2. The van der Waals surface area contributed by atoms with E-state index in [2.05, 4.69) is 10.6 Å². The first-order valence-corrected chi connectivity index (χ1v) is 5.39. The number of hydrogen-bond acceptors (Lipinski definition) is 4. The molecule has 0 saturated carbocycles. The molecular weight excluding hydrogens is 188 g/mol. The van der Waals surface area contributed by atoms with Crippen molar-refractivity contribution < 1.29 is 9.59 Å². The van der Waals surface area contributed by atoms with Gasteiger partial charge in [-0.15, -0.1) is 0 Å². The largest absolute Gasteiger partial charge is 0.355 e. The highest BCUT2D eigenvalue weighted by Gasteiger charge is 1.98. The van der Waals surface area contributed by atoms with Crippen LogP contribution in [0.5, 0.6) is 0 Å². The minimum absolute atomic E-state index is 0.0497. The average Bonchev–Trinajstić information content (AvgIpc) is 2.13. The van der Waals surface area contributed by atoms with Gasteiger partial charge in [-0.2, -0.15) is 11.8 Å². The molecule has 76 valence electrons. The molecule has 13 heavy (non-hydrogen) atoms. The van der Waals surface area contributed by atoms with Gasteiger partial charge in [-0.25, -0.2) is 0 Å². The van der Waals surface area contributed by atoms with Crippen LogP contribution in [-0.2, 0) is 9.59 Å². The Kier molecular flexibility index (Phi) is 9.13. The molecule has 0 saturated heterocycles. The molecule has 0 aliphatic carbocycles. The molecule has 2 N–H and O–H groups in total. The van der Waals surface area contributed by atoms with E-state index in [1.807, 2.05) is 7.05 Å². The van der Waals surface area contributed by atoms with Gasteiger partial charge in [-0.1, -0.05) is 0 Å². The zero-order valence-corrected chi connectivity index (χ0v) is 8.65. The first-order chi connectivity index (χ1) is 6.31.